The Morgan fingerprint density at radius 3 is 2.61 bits per heavy atom. The van der Waals surface area contributed by atoms with Gasteiger partial charge in [-0.25, -0.2) is 9.37 Å². The number of rotatable bonds is 6. The van der Waals surface area contributed by atoms with E-state index in [1.807, 2.05) is 18.2 Å². The van der Waals surface area contributed by atoms with Crippen LogP contribution in [0.1, 0.15) is 0 Å². The Hall–Kier alpha value is -3.10. The minimum atomic E-state index is -0.350. The second-order valence-electron chi connectivity index (χ2n) is 7.69. The minimum absolute atomic E-state index is 0.350. The first-order chi connectivity index (χ1) is 15.2. The summed E-state index contributed by atoms with van der Waals surface area (Å²) < 4.78 is 32.4. The van der Waals surface area contributed by atoms with E-state index in [0.717, 1.165) is 66.9 Å². The maximum atomic E-state index is 13.6. The van der Waals surface area contributed by atoms with Crippen molar-refractivity contribution in [2.24, 2.45) is 0 Å². The number of benzene rings is 1. The van der Waals surface area contributed by atoms with Gasteiger partial charge in [0.2, 0.25) is 0 Å². The third kappa shape index (κ3) is 3.73. The van der Waals surface area contributed by atoms with Gasteiger partial charge in [-0.15, -0.1) is 0 Å². The van der Waals surface area contributed by atoms with Crippen LogP contribution >= 0.6 is 0 Å². The molecule has 8 heteroatoms. The maximum Gasteiger partial charge on any atom is 0.162 e. The SMILES string of the molecule is COc1cc2c(-c3cc4cc(F)cnc4[nH]3)cn(CCN3CCOCC3)c2cc1OC. The minimum Gasteiger partial charge on any atom is -0.493 e. The van der Waals surface area contributed by atoms with Gasteiger partial charge >= 0.3 is 0 Å². The summed E-state index contributed by atoms with van der Waals surface area (Å²) >= 11 is 0. The van der Waals surface area contributed by atoms with Crippen LogP contribution in [-0.4, -0.2) is 66.5 Å². The van der Waals surface area contributed by atoms with Crippen molar-refractivity contribution in [3.63, 3.8) is 0 Å². The van der Waals surface area contributed by atoms with Gasteiger partial charge < -0.3 is 23.8 Å². The number of hydrogen-bond donors (Lipinski definition) is 1. The molecule has 4 heterocycles. The zero-order chi connectivity index (χ0) is 21.4. The summed E-state index contributed by atoms with van der Waals surface area (Å²) in [6.45, 7) is 5.22. The lowest BCUT2D eigenvalue weighted by Gasteiger charge is -2.26. The fourth-order valence-electron chi connectivity index (χ4n) is 4.22. The van der Waals surface area contributed by atoms with E-state index in [-0.39, 0.29) is 5.82 Å². The summed E-state index contributed by atoms with van der Waals surface area (Å²) in [7, 11) is 3.28. The summed E-state index contributed by atoms with van der Waals surface area (Å²) in [5.74, 6) is 1.01. The monoisotopic (exact) mass is 424 g/mol. The Morgan fingerprint density at radius 1 is 1.06 bits per heavy atom. The molecule has 4 aromatic rings. The summed E-state index contributed by atoms with van der Waals surface area (Å²) in [5.41, 5.74) is 3.61. The molecule has 1 aliphatic heterocycles. The first-order valence-corrected chi connectivity index (χ1v) is 10.4. The van der Waals surface area contributed by atoms with E-state index < -0.39 is 0 Å². The van der Waals surface area contributed by atoms with Gasteiger partial charge in [0.05, 0.1) is 39.1 Å². The number of aromatic nitrogens is 3. The molecule has 0 radical (unpaired) electrons. The van der Waals surface area contributed by atoms with Crippen molar-refractivity contribution in [2.75, 3.05) is 47.1 Å². The van der Waals surface area contributed by atoms with Crippen molar-refractivity contribution in [3.8, 4) is 22.8 Å². The van der Waals surface area contributed by atoms with Gasteiger partial charge in [-0.1, -0.05) is 0 Å². The van der Waals surface area contributed by atoms with E-state index in [0.29, 0.717) is 17.1 Å². The molecular formula is C23H25FN4O3. The molecule has 0 saturated carbocycles. The number of pyridine rings is 1. The highest BCUT2D eigenvalue weighted by atomic mass is 19.1. The molecule has 0 amide bonds. The average Bonchev–Trinajstić information content (AvgIpc) is 3.37. The first-order valence-electron chi connectivity index (χ1n) is 10.4. The van der Waals surface area contributed by atoms with Crippen LogP contribution in [0.5, 0.6) is 11.5 Å². The van der Waals surface area contributed by atoms with E-state index in [9.17, 15) is 4.39 Å². The van der Waals surface area contributed by atoms with Gasteiger partial charge in [-0.3, -0.25) is 4.90 Å². The van der Waals surface area contributed by atoms with Gasteiger partial charge in [0.1, 0.15) is 11.5 Å². The molecule has 0 spiro atoms. The van der Waals surface area contributed by atoms with E-state index >= 15 is 0 Å². The van der Waals surface area contributed by atoms with E-state index in [2.05, 4.69) is 25.6 Å². The number of aromatic amines is 1. The van der Waals surface area contributed by atoms with Crippen molar-refractivity contribution in [1.82, 2.24) is 19.4 Å². The van der Waals surface area contributed by atoms with E-state index in [4.69, 9.17) is 14.2 Å². The third-order valence-electron chi connectivity index (χ3n) is 5.87. The number of morpholine rings is 1. The second kappa shape index (κ2) is 8.20. The number of fused-ring (bicyclic) bond motifs is 2. The number of H-pyrrole nitrogens is 1. The molecule has 0 bridgehead atoms. The van der Waals surface area contributed by atoms with Crippen LogP contribution in [0, 0.1) is 5.82 Å². The maximum absolute atomic E-state index is 13.6. The second-order valence-corrected chi connectivity index (χ2v) is 7.69. The number of hydrogen-bond acceptors (Lipinski definition) is 5. The topological polar surface area (TPSA) is 64.5 Å². The fourth-order valence-corrected chi connectivity index (χ4v) is 4.22. The normalized spacial score (nSPS) is 15.1. The van der Waals surface area contributed by atoms with Crippen LogP contribution in [0.3, 0.4) is 0 Å². The first kappa shape index (κ1) is 19.8. The molecule has 3 aromatic heterocycles. The number of nitrogens with one attached hydrogen (secondary N) is 1. The Labute approximate surface area is 179 Å². The Bertz CT molecular complexity index is 1230. The van der Waals surface area contributed by atoms with Crippen LogP contribution in [0.2, 0.25) is 0 Å². The Balaban J connectivity index is 1.60. The molecule has 0 aliphatic carbocycles. The van der Waals surface area contributed by atoms with Gasteiger partial charge in [0.25, 0.3) is 0 Å². The summed E-state index contributed by atoms with van der Waals surface area (Å²) in [6.07, 6.45) is 3.35. The molecule has 1 fully saturated rings. The van der Waals surface area contributed by atoms with Crippen molar-refractivity contribution < 1.29 is 18.6 Å². The molecule has 5 rings (SSSR count). The van der Waals surface area contributed by atoms with Gasteiger partial charge in [0, 0.05) is 60.5 Å². The van der Waals surface area contributed by atoms with Crippen molar-refractivity contribution in [2.45, 2.75) is 6.54 Å². The highest BCUT2D eigenvalue weighted by Crippen LogP contribution is 2.38. The van der Waals surface area contributed by atoms with Crippen LogP contribution in [-0.2, 0) is 11.3 Å². The van der Waals surface area contributed by atoms with Crippen LogP contribution in [0.25, 0.3) is 33.2 Å². The number of methoxy groups -OCH3 is 2. The average molecular weight is 424 g/mol. The molecule has 7 nitrogen and oxygen atoms in total. The predicted octanol–water partition coefficient (Wildman–Crippen LogP) is 3.67. The molecule has 0 atom stereocenters. The lowest BCUT2D eigenvalue weighted by molar-refractivity contribution is 0.0365. The molecule has 1 saturated heterocycles. The third-order valence-corrected chi connectivity index (χ3v) is 5.87. The van der Waals surface area contributed by atoms with Crippen molar-refractivity contribution in [3.05, 3.63) is 42.5 Å². The van der Waals surface area contributed by atoms with Crippen LogP contribution in [0.4, 0.5) is 4.39 Å². The summed E-state index contributed by atoms with van der Waals surface area (Å²) in [6, 6.07) is 7.43. The van der Waals surface area contributed by atoms with Gasteiger partial charge in [0.15, 0.2) is 11.5 Å². The fraction of sp³-hybridized carbons (Fsp3) is 0.348. The molecule has 1 aromatic carbocycles. The lowest BCUT2D eigenvalue weighted by Crippen LogP contribution is -2.38. The smallest absolute Gasteiger partial charge is 0.162 e. The summed E-state index contributed by atoms with van der Waals surface area (Å²) in [5, 5.41) is 1.77. The van der Waals surface area contributed by atoms with E-state index in [1.54, 1.807) is 14.2 Å². The van der Waals surface area contributed by atoms with Gasteiger partial charge in [-0.05, 0) is 18.2 Å². The molecule has 0 unspecified atom stereocenters. The van der Waals surface area contributed by atoms with Crippen molar-refractivity contribution in [1.29, 1.82) is 0 Å². The molecule has 1 aliphatic rings. The molecule has 162 valence electrons. The quantitative estimate of drug-likeness (QED) is 0.512. The lowest BCUT2D eigenvalue weighted by atomic mass is 10.1. The Morgan fingerprint density at radius 2 is 1.84 bits per heavy atom. The number of nitrogens with zero attached hydrogens (tertiary/aromatic N) is 3. The van der Waals surface area contributed by atoms with Crippen molar-refractivity contribution >= 4 is 21.9 Å². The molecule has 31 heavy (non-hydrogen) atoms. The van der Waals surface area contributed by atoms with Gasteiger partial charge in [-0.2, -0.15) is 0 Å². The standard InChI is InChI=1S/C23H25FN4O3/c1-29-21-11-17-18(19-10-15-9-16(24)13-25-23(15)26-19)14-28(20(17)12-22(21)30-2)4-3-27-5-7-31-8-6-27/h9-14H,3-8H2,1-2H3,(H,25,26). The van der Waals surface area contributed by atoms with Crippen LogP contribution in [0.15, 0.2) is 36.7 Å². The number of halogens is 1. The zero-order valence-electron chi connectivity index (χ0n) is 17.7. The predicted molar refractivity (Wildman–Crippen MR) is 117 cm³/mol. The highest BCUT2D eigenvalue weighted by Gasteiger charge is 2.18. The summed E-state index contributed by atoms with van der Waals surface area (Å²) in [4.78, 5) is 9.91. The molecular weight excluding hydrogens is 399 g/mol. The Kier molecular flexibility index (Phi) is 5.25. The van der Waals surface area contributed by atoms with E-state index in [1.165, 1.54) is 12.3 Å². The highest BCUT2D eigenvalue weighted by molar-refractivity contribution is 5.99. The zero-order valence-corrected chi connectivity index (χ0v) is 17.7. The van der Waals surface area contributed by atoms with Crippen LogP contribution < -0.4 is 9.47 Å². The number of ether oxygens (including phenoxy) is 3. The largest absolute Gasteiger partial charge is 0.493 e. The molecule has 1 N–H and O–H groups in total.